The number of fused-ring (bicyclic) bond motifs is 1. The summed E-state index contributed by atoms with van der Waals surface area (Å²) >= 11 is 9.00. The van der Waals surface area contributed by atoms with Crippen molar-refractivity contribution in [2.24, 2.45) is 5.92 Å². The largest absolute Gasteiger partial charge is 0.331 e. The summed E-state index contributed by atoms with van der Waals surface area (Å²) in [6.45, 7) is 7.96. The van der Waals surface area contributed by atoms with Crippen LogP contribution >= 0.6 is 28.1 Å². The molecule has 1 unspecified atom stereocenters. The van der Waals surface area contributed by atoms with Crippen molar-refractivity contribution in [2.45, 2.75) is 32.9 Å². The first-order valence-corrected chi connectivity index (χ1v) is 8.37. The number of likely N-dealkylation sites (tertiary alicyclic amines) is 1. The fourth-order valence-corrected chi connectivity index (χ4v) is 3.70. The zero-order valence-electron chi connectivity index (χ0n) is 11.9. The second-order valence-corrected chi connectivity index (χ2v) is 7.25. The minimum atomic E-state index is 0.645. The number of H-pyrrole nitrogens is 1. The molecule has 1 saturated heterocycles. The van der Waals surface area contributed by atoms with E-state index in [2.05, 4.69) is 62.4 Å². The molecule has 2 heterocycles. The predicted octanol–water partition coefficient (Wildman–Crippen LogP) is 4.19. The molecular formula is C15H20BrN3S. The summed E-state index contributed by atoms with van der Waals surface area (Å²) in [5.74, 6) is 0.701. The average Bonchev–Trinajstić information content (AvgIpc) is 2.96. The number of hydrogen-bond donors (Lipinski definition) is 1. The Morgan fingerprint density at radius 3 is 2.95 bits per heavy atom. The molecule has 0 amide bonds. The number of aromatic amines is 1. The van der Waals surface area contributed by atoms with Crippen molar-refractivity contribution in [2.75, 3.05) is 13.1 Å². The average molecular weight is 354 g/mol. The second kappa shape index (κ2) is 5.62. The lowest BCUT2D eigenvalue weighted by atomic mass is 10.1. The molecule has 2 aromatic rings. The highest BCUT2D eigenvalue weighted by atomic mass is 79.9. The topological polar surface area (TPSA) is 24.0 Å². The van der Waals surface area contributed by atoms with Gasteiger partial charge in [-0.05, 0) is 63.1 Å². The molecule has 1 fully saturated rings. The van der Waals surface area contributed by atoms with E-state index in [1.165, 1.54) is 25.0 Å². The van der Waals surface area contributed by atoms with Gasteiger partial charge in [-0.2, -0.15) is 0 Å². The van der Waals surface area contributed by atoms with E-state index < -0.39 is 0 Å². The van der Waals surface area contributed by atoms with Crippen LogP contribution in [0.15, 0.2) is 22.7 Å². The lowest BCUT2D eigenvalue weighted by Crippen LogP contribution is -2.28. The third-order valence-corrected chi connectivity index (χ3v) is 5.04. The standard InChI is InChI=1S/C15H20BrN3S/c1-10(2)18-6-5-11(8-18)9-19-14-4-3-12(16)7-13(14)17-15(19)20/h3-4,7,10-11H,5-6,8-9H2,1-2H3,(H,17,20). The quantitative estimate of drug-likeness (QED) is 0.836. The van der Waals surface area contributed by atoms with Crippen LogP contribution in [-0.2, 0) is 6.54 Å². The molecule has 0 aliphatic carbocycles. The van der Waals surface area contributed by atoms with Gasteiger partial charge < -0.3 is 14.5 Å². The van der Waals surface area contributed by atoms with E-state index in [0.717, 1.165) is 21.3 Å². The van der Waals surface area contributed by atoms with E-state index in [-0.39, 0.29) is 0 Å². The Morgan fingerprint density at radius 1 is 1.45 bits per heavy atom. The highest BCUT2D eigenvalue weighted by Crippen LogP contribution is 2.24. The molecule has 0 radical (unpaired) electrons. The maximum absolute atomic E-state index is 5.49. The molecule has 108 valence electrons. The fraction of sp³-hybridized carbons (Fsp3) is 0.533. The van der Waals surface area contributed by atoms with Crippen LogP contribution in [-0.4, -0.2) is 33.6 Å². The molecule has 1 N–H and O–H groups in total. The molecule has 5 heteroatoms. The number of benzene rings is 1. The van der Waals surface area contributed by atoms with Crippen molar-refractivity contribution in [3.63, 3.8) is 0 Å². The van der Waals surface area contributed by atoms with Gasteiger partial charge in [0.25, 0.3) is 0 Å². The molecule has 3 nitrogen and oxygen atoms in total. The number of hydrogen-bond acceptors (Lipinski definition) is 2. The smallest absolute Gasteiger partial charge is 0.178 e. The molecule has 1 aliphatic rings. The summed E-state index contributed by atoms with van der Waals surface area (Å²) in [4.78, 5) is 5.87. The Kier molecular flexibility index (Phi) is 4.02. The van der Waals surface area contributed by atoms with E-state index in [0.29, 0.717) is 12.0 Å². The molecule has 0 saturated carbocycles. The molecular weight excluding hydrogens is 334 g/mol. The predicted molar refractivity (Wildman–Crippen MR) is 89.6 cm³/mol. The number of nitrogens with one attached hydrogen (secondary N) is 1. The fourth-order valence-electron chi connectivity index (χ4n) is 3.06. The van der Waals surface area contributed by atoms with E-state index >= 15 is 0 Å². The van der Waals surface area contributed by atoms with E-state index in [1.807, 2.05) is 0 Å². The van der Waals surface area contributed by atoms with Crippen molar-refractivity contribution >= 4 is 39.2 Å². The SMILES string of the molecule is CC(C)N1CCC(Cn2c(=S)[nH]c3cc(Br)ccc32)C1. The minimum absolute atomic E-state index is 0.645. The van der Waals surface area contributed by atoms with E-state index in [1.54, 1.807) is 0 Å². The molecule has 3 rings (SSSR count). The zero-order valence-corrected chi connectivity index (χ0v) is 14.3. The van der Waals surface area contributed by atoms with E-state index in [9.17, 15) is 0 Å². The van der Waals surface area contributed by atoms with Gasteiger partial charge in [0.2, 0.25) is 0 Å². The Morgan fingerprint density at radius 2 is 2.25 bits per heavy atom. The van der Waals surface area contributed by atoms with Gasteiger partial charge in [0.15, 0.2) is 4.77 Å². The minimum Gasteiger partial charge on any atom is -0.331 e. The molecule has 20 heavy (non-hydrogen) atoms. The maximum atomic E-state index is 5.49. The number of aromatic nitrogens is 2. The van der Waals surface area contributed by atoms with Gasteiger partial charge in [0.1, 0.15) is 0 Å². The Balaban J connectivity index is 1.85. The monoisotopic (exact) mass is 353 g/mol. The Hall–Kier alpha value is -0.650. The molecule has 0 bridgehead atoms. The highest BCUT2D eigenvalue weighted by Gasteiger charge is 2.25. The van der Waals surface area contributed by atoms with Crippen LogP contribution in [0.25, 0.3) is 11.0 Å². The second-order valence-electron chi connectivity index (χ2n) is 5.95. The normalized spacial score (nSPS) is 20.3. The molecule has 1 atom stereocenters. The van der Waals surface area contributed by atoms with Gasteiger partial charge in [0, 0.05) is 23.6 Å². The molecule has 0 spiro atoms. The third-order valence-electron chi connectivity index (χ3n) is 4.22. The summed E-state index contributed by atoms with van der Waals surface area (Å²) < 4.78 is 4.17. The molecule has 1 aromatic heterocycles. The molecule has 1 aliphatic heterocycles. The number of nitrogens with zero attached hydrogens (tertiary/aromatic N) is 2. The van der Waals surface area contributed by atoms with Crippen LogP contribution in [0.3, 0.4) is 0 Å². The van der Waals surface area contributed by atoms with Crippen molar-refractivity contribution in [1.82, 2.24) is 14.5 Å². The number of rotatable bonds is 3. The van der Waals surface area contributed by atoms with Crippen LogP contribution in [0.5, 0.6) is 0 Å². The summed E-state index contributed by atoms with van der Waals surface area (Å²) in [7, 11) is 0. The number of halogens is 1. The van der Waals surface area contributed by atoms with Gasteiger partial charge in [-0.3, -0.25) is 0 Å². The van der Waals surface area contributed by atoms with Crippen LogP contribution in [0, 0.1) is 10.7 Å². The van der Waals surface area contributed by atoms with Crippen LogP contribution < -0.4 is 0 Å². The van der Waals surface area contributed by atoms with Gasteiger partial charge in [-0.15, -0.1) is 0 Å². The van der Waals surface area contributed by atoms with Crippen LogP contribution in [0.4, 0.5) is 0 Å². The van der Waals surface area contributed by atoms with Gasteiger partial charge in [-0.1, -0.05) is 15.9 Å². The number of imidazole rings is 1. The van der Waals surface area contributed by atoms with Gasteiger partial charge in [-0.25, -0.2) is 0 Å². The van der Waals surface area contributed by atoms with Gasteiger partial charge in [0.05, 0.1) is 11.0 Å². The first kappa shape index (κ1) is 14.3. The van der Waals surface area contributed by atoms with E-state index in [4.69, 9.17) is 12.2 Å². The van der Waals surface area contributed by atoms with Gasteiger partial charge >= 0.3 is 0 Å². The van der Waals surface area contributed by atoms with Crippen molar-refractivity contribution in [3.05, 3.63) is 27.4 Å². The van der Waals surface area contributed by atoms with Crippen LogP contribution in [0.1, 0.15) is 20.3 Å². The van der Waals surface area contributed by atoms with Crippen molar-refractivity contribution < 1.29 is 0 Å². The van der Waals surface area contributed by atoms with Crippen molar-refractivity contribution in [3.8, 4) is 0 Å². The van der Waals surface area contributed by atoms with Crippen LogP contribution in [0.2, 0.25) is 0 Å². The first-order chi connectivity index (χ1) is 9.54. The van der Waals surface area contributed by atoms with Crippen molar-refractivity contribution in [1.29, 1.82) is 0 Å². The summed E-state index contributed by atoms with van der Waals surface area (Å²) in [5.41, 5.74) is 2.32. The maximum Gasteiger partial charge on any atom is 0.178 e. The molecule has 1 aromatic carbocycles. The highest BCUT2D eigenvalue weighted by molar-refractivity contribution is 9.10. The Labute approximate surface area is 133 Å². The lowest BCUT2D eigenvalue weighted by molar-refractivity contribution is 0.261. The third kappa shape index (κ3) is 2.71. The zero-order chi connectivity index (χ0) is 14.3. The summed E-state index contributed by atoms with van der Waals surface area (Å²) in [6, 6.07) is 6.96. The first-order valence-electron chi connectivity index (χ1n) is 7.16. The Bertz CT molecular complexity index is 673. The lowest BCUT2D eigenvalue weighted by Gasteiger charge is -2.20. The summed E-state index contributed by atoms with van der Waals surface area (Å²) in [6.07, 6.45) is 1.27. The summed E-state index contributed by atoms with van der Waals surface area (Å²) in [5, 5.41) is 0.